The van der Waals surface area contributed by atoms with Crippen LogP contribution in [0.2, 0.25) is 0 Å². The van der Waals surface area contributed by atoms with Crippen LogP contribution in [0, 0.1) is 5.92 Å². The summed E-state index contributed by atoms with van der Waals surface area (Å²) in [6.07, 6.45) is 0. The quantitative estimate of drug-likeness (QED) is 0.581. The highest BCUT2D eigenvalue weighted by Gasteiger charge is 2.47. The van der Waals surface area contributed by atoms with Crippen molar-refractivity contribution in [1.82, 2.24) is 0 Å². The molecule has 1 rings (SSSR count). The summed E-state index contributed by atoms with van der Waals surface area (Å²) in [6, 6.07) is 0. The maximum Gasteiger partial charge on any atom is 0.154 e. The predicted octanol–water partition coefficient (Wildman–Crippen LogP) is -0.232. The van der Waals surface area contributed by atoms with Gasteiger partial charge in [0, 0.05) is 5.54 Å². The van der Waals surface area contributed by atoms with Gasteiger partial charge in [0.2, 0.25) is 0 Å². The molecule has 10 heavy (non-hydrogen) atoms. The highest BCUT2D eigenvalue weighted by atomic mass is 32.2. The SMILES string of the molecule is CC(C)C1(N)CS(=O)(=O)C1. The Balaban J connectivity index is 2.67. The molecule has 0 atom stereocenters. The number of nitrogens with two attached hydrogens (primary N) is 1. The van der Waals surface area contributed by atoms with E-state index in [0.717, 1.165) is 0 Å². The van der Waals surface area contributed by atoms with Crippen LogP contribution >= 0.6 is 0 Å². The molecule has 0 aromatic carbocycles. The normalized spacial score (nSPS) is 28.0. The molecule has 0 aliphatic carbocycles. The van der Waals surface area contributed by atoms with E-state index >= 15 is 0 Å². The first-order valence-electron chi connectivity index (χ1n) is 3.35. The second-order valence-electron chi connectivity index (χ2n) is 3.42. The largest absolute Gasteiger partial charge is 0.323 e. The molecule has 3 nitrogen and oxygen atoms in total. The third kappa shape index (κ3) is 1.18. The molecule has 1 heterocycles. The number of hydrogen-bond acceptors (Lipinski definition) is 3. The maximum absolute atomic E-state index is 10.7. The van der Waals surface area contributed by atoms with Crippen molar-refractivity contribution in [2.45, 2.75) is 19.4 Å². The number of hydrogen-bond donors (Lipinski definition) is 1. The van der Waals surface area contributed by atoms with Crippen molar-refractivity contribution >= 4 is 9.84 Å². The van der Waals surface area contributed by atoms with Gasteiger partial charge in [0.05, 0.1) is 11.5 Å². The van der Waals surface area contributed by atoms with Gasteiger partial charge in [-0.15, -0.1) is 0 Å². The molecule has 4 heteroatoms. The minimum atomic E-state index is -2.76. The number of rotatable bonds is 1. The van der Waals surface area contributed by atoms with Crippen LogP contribution in [0.1, 0.15) is 13.8 Å². The van der Waals surface area contributed by atoms with Crippen LogP contribution in [0.4, 0.5) is 0 Å². The summed E-state index contributed by atoms with van der Waals surface area (Å²) < 4.78 is 21.5. The molecular formula is C6H13NO2S. The molecular weight excluding hydrogens is 150 g/mol. The lowest BCUT2D eigenvalue weighted by atomic mass is 9.91. The van der Waals surface area contributed by atoms with Crippen LogP contribution in [0.25, 0.3) is 0 Å². The van der Waals surface area contributed by atoms with Gasteiger partial charge < -0.3 is 5.73 Å². The minimum absolute atomic E-state index is 0.164. The minimum Gasteiger partial charge on any atom is -0.323 e. The van der Waals surface area contributed by atoms with Gasteiger partial charge in [-0.1, -0.05) is 13.8 Å². The average Bonchev–Trinajstić information content (AvgIpc) is 1.59. The Morgan fingerprint density at radius 2 is 1.80 bits per heavy atom. The summed E-state index contributed by atoms with van der Waals surface area (Å²) >= 11 is 0. The lowest BCUT2D eigenvalue weighted by molar-refractivity contribution is 0.345. The van der Waals surface area contributed by atoms with Crippen molar-refractivity contribution in [3.05, 3.63) is 0 Å². The average molecular weight is 163 g/mol. The molecule has 1 saturated heterocycles. The first-order chi connectivity index (χ1) is 4.36. The van der Waals surface area contributed by atoms with Crippen LogP contribution in [-0.4, -0.2) is 25.5 Å². The molecule has 0 aromatic heterocycles. The monoisotopic (exact) mass is 163 g/mol. The lowest BCUT2D eigenvalue weighted by Crippen LogP contribution is -2.64. The molecule has 0 aromatic rings. The summed E-state index contributed by atoms with van der Waals surface area (Å²) in [6.45, 7) is 3.91. The molecule has 0 bridgehead atoms. The van der Waals surface area contributed by atoms with Gasteiger partial charge in [0.1, 0.15) is 0 Å². The maximum atomic E-state index is 10.7. The van der Waals surface area contributed by atoms with Gasteiger partial charge in [-0.05, 0) is 5.92 Å². The predicted molar refractivity (Wildman–Crippen MR) is 40.4 cm³/mol. The van der Waals surface area contributed by atoms with Gasteiger partial charge in [0.25, 0.3) is 0 Å². The second kappa shape index (κ2) is 1.95. The van der Waals surface area contributed by atoms with E-state index in [-0.39, 0.29) is 17.4 Å². The van der Waals surface area contributed by atoms with Gasteiger partial charge >= 0.3 is 0 Å². The van der Waals surface area contributed by atoms with Gasteiger partial charge in [0.15, 0.2) is 9.84 Å². The molecule has 0 spiro atoms. The van der Waals surface area contributed by atoms with E-state index < -0.39 is 15.4 Å². The molecule has 2 N–H and O–H groups in total. The third-order valence-corrected chi connectivity index (χ3v) is 4.08. The standard InChI is InChI=1S/C6H13NO2S/c1-5(2)6(7)3-10(8,9)4-6/h5H,3-4,7H2,1-2H3. The van der Waals surface area contributed by atoms with Crippen molar-refractivity contribution in [3.63, 3.8) is 0 Å². The molecule has 1 aliphatic heterocycles. The Bertz CT molecular complexity index is 218. The summed E-state index contributed by atoms with van der Waals surface area (Å²) in [5, 5.41) is 0. The van der Waals surface area contributed by atoms with Gasteiger partial charge in [-0.2, -0.15) is 0 Å². The smallest absolute Gasteiger partial charge is 0.154 e. The van der Waals surface area contributed by atoms with Gasteiger partial charge in [-0.25, -0.2) is 8.42 Å². The second-order valence-corrected chi connectivity index (χ2v) is 5.48. The van der Waals surface area contributed by atoms with E-state index in [1.165, 1.54) is 0 Å². The lowest BCUT2D eigenvalue weighted by Gasteiger charge is -2.40. The van der Waals surface area contributed by atoms with E-state index in [4.69, 9.17) is 5.73 Å². The Labute approximate surface area is 61.5 Å². The zero-order chi connectivity index (χ0) is 7.99. The van der Waals surface area contributed by atoms with Crippen LogP contribution < -0.4 is 5.73 Å². The first kappa shape index (κ1) is 8.01. The molecule has 1 aliphatic rings. The van der Waals surface area contributed by atoms with Crippen molar-refractivity contribution < 1.29 is 8.42 Å². The number of sulfone groups is 1. The Kier molecular flexibility index (Phi) is 1.56. The summed E-state index contributed by atoms with van der Waals surface area (Å²) in [5.74, 6) is 0.589. The fourth-order valence-corrected chi connectivity index (χ4v) is 3.33. The van der Waals surface area contributed by atoms with E-state index in [1.807, 2.05) is 13.8 Å². The van der Waals surface area contributed by atoms with Crippen molar-refractivity contribution in [2.24, 2.45) is 11.7 Å². The zero-order valence-corrected chi connectivity index (χ0v) is 7.11. The molecule has 0 unspecified atom stereocenters. The molecule has 0 saturated carbocycles. The first-order valence-corrected chi connectivity index (χ1v) is 5.17. The van der Waals surface area contributed by atoms with Gasteiger partial charge in [-0.3, -0.25) is 0 Å². The Morgan fingerprint density at radius 3 is 1.90 bits per heavy atom. The van der Waals surface area contributed by atoms with Crippen molar-refractivity contribution in [1.29, 1.82) is 0 Å². The summed E-state index contributed by atoms with van der Waals surface area (Å²) in [4.78, 5) is 0. The fourth-order valence-electron chi connectivity index (χ4n) is 1.11. The molecule has 0 radical (unpaired) electrons. The van der Waals surface area contributed by atoms with E-state index in [2.05, 4.69) is 0 Å². The van der Waals surface area contributed by atoms with Crippen LogP contribution in [0.3, 0.4) is 0 Å². The molecule has 60 valence electrons. The van der Waals surface area contributed by atoms with Crippen LogP contribution in [0.5, 0.6) is 0 Å². The van der Waals surface area contributed by atoms with E-state index in [1.54, 1.807) is 0 Å². The Morgan fingerprint density at radius 1 is 1.40 bits per heavy atom. The van der Waals surface area contributed by atoms with Crippen LogP contribution in [0.15, 0.2) is 0 Å². The summed E-state index contributed by atoms with van der Waals surface area (Å²) in [5.41, 5.74) is 5.31. The van der Waals surface area contributed by atoms with E-state index in [0.29, 0.717) is 0 Å². The highest BCUT2D eigenvalue weighted by Crippen LogP contribution is 2.27. The van der Waals surface area contributed by atoms with E-state index in [9.17, 15) is 8.42 Å². The Hall–Kier alpha value is -0.0900. The van der Waals surface area contributed by atoms with Crippen molar-refractivity contribution in [3.8, 4) is 0 Å². The van der Waals surface area contributed by atoms with Crippen LogP contribution in [-0.2, 0) is 9.84 Å². The molecule has 0 amide bonds. The zero-order valence-electron chi connectivity index (χ0n) is 6.29. The third-order valence-electron chi connectivity index (χ3n) is 2.13. The fraction of sp³-hybridized carbons (Fsp3) is 1.00. The highest BCUT2D eigenvalue weighted by molar-refractivity contribution is 7.93. The van der Waals surface area contributed by atoms with Crippen molar-refractivity contribution in [2.75, 3.05) is 11.5 Å². The topological polar surface area (TPSA) is 60.2 Å². The summed E-state index contributed by atoms with van der Waals surface area (Å²) in [7, 11) is -2.76. The molecule has 1 fully saturated rings.